The number of halogens is 1. The lowest BCUT2D eigenvalue weighted by Gasteiger charge is -2.25. The fourth-order valence-electron chi connectivity index (χ4n) is 4.19. The van der Waals surface area contributed by atoms with E-state index in [0.717, 1.165) is 0 Å². The fraction of sp³-hybridized carbons (Fsp3) is 0.179. The molecule has 0 aromatic heterocycles. The Kier molecular flexibility index (Phi) is 7.50. The van der Waals surface area contributed by atoms with E-state index < -0.39 is 29.5 Å². The third-order valence-corrected chi connectivity index (χ3v) is 6.24. The molecule has 190 valence electrons. The van der Waals surface area contributed by atoms with Crippen LogP contribution in [0.4, 0.5) is 5.69 Å². The number of esters is 1. The van der Waals surface area contributed by atoms with Crippen molar-refractivity contribution in [3.8, 4) is 11.5 Å². The Bertz CT molecular complexity index is 1400. The number of hydrogen-bond acceptors (Lipinski definition) is 7. The molecule has 1 fully saturated rings. The van der Waals surface area contributed by atoms with Crippen molar-refractivity contribution < 1.29 is 34.1 Å². The second kappa shape index (κ2) is 10.8. The van der Waals surface area contributed by atoms with Crippen LogP contribution in [0.5, 0.6) is 11.5 Å². The minimum atomic E-state index is -1.04. The normalized spacial score (nSPS) is 16.6. The van der Waals surface area contributed by atoms with Crippen LogP contribution < -0.4 is 9.64 Å². The predicted molar refractivity (Wildman–Crippen MR) is 138 cm³/mol. The third kappa shape index (κ3) is 5.15. The molecule has 1 saturated heterocycles. The number of Topliss-reactive ketones (excluding diaryl/α,β-unsaturated/α-hetero) is 1. The molecule has 0 radical (unpaired) electrons. The highest BCUT2D eigenvalue weighted by Gasteiger charge is 2.47. The van der Waals surface area contributed by atoms with Crippen LogP contribution in [0.25, 0.3) is 5.76 Å². The van der Waals surface area contributed by atoms with Gasteiger partial charge in [0.1, 0.15) is 17.3 Å². The molecule has 0 spiro atoms. The Balaban J connectivity index is 1.86. The first-order valence-corrected chi connectivity index (χ1v) is 11.8. The predicted octanol–water partition coefficient (Wildman–Crippen LogP) is 4.79. The van der Waals surface area contributed by atoms with Crippen LogP contribution in [0.15, 0.2) is 72.3 Å². The van der Waals surface area contributed by atoms with Gasteiger partial charge >= 0.3 is 5.97 Å². The number of benzene rings is 3. The maximum atomic E-state index is 13.3. The molecule has 9 heteroatoms. The minimum absolute atomic E-state index is 0.0459. The van der Waals surface area contributed by atoms with E-state index >= 15 is 0 Å². The van der Waals surface area contributed by atoms with E-state index in [1.54, 1.807) is 43.3 Å². The summed E-state index contributed by atoms with van der Waals surface area (Å²) in [5.41, 5.74) is 1.53. The maximum Gasteiger partial charge on any atom is 0.309 e. The highest BCUT2D eigenvalue weighted by Crippen LogP contribution is 2.43. The van der Waals surface area contributed by atoms with E-state index in [9.17, 15) is 24.6 Å². The molecule has 37 heavy (non-hydrogen) atoms. The number of carbonyl (C=O) groups excluding carboxylic acids is 3. The average Bonchev–Trinajstić information content (AvgIpc) is 3.15. The van der Waals surface area contributed by atoms with Crippen LogP contribution in [0.3, 0.4) is 0 Å². The van der Waals surface area contributed by atoms with Crippen LogP contribution in [0, 0.1) is 0 Å². The number of rotatable bonds is 7. The first-order valence-electron chi connectivity index (χ1n) is 11.4. The van der Waals surface area contributed by atoms with Crippen LogP contribution in [0.2, 0.25) is 5.02 Å². The molecule has 0 saturated carbocycles. The molecule has 1 aliphatic heterocycles. The number of aliphatic hydroxyl groups excluding tert-OH is 1. The smallest absolute Gasteiger partial charge is 0.309 e. The summed E-state index contributed by atoms with van der Waals surface area (Å²) in [6.45, 7) is 2.12. The first-order chi connectivity index (χ1) is 17.7. The third-order valence-electron chi connectivity index (χ3n) is 5.93. The number of amides is 1. The monoisotopic (exact) mass is 521 g/mol. The van der Waals surface area contributed by atoms with Gasteiger partial charge in [-0.3, -0.25) is 19.3 Å². The summed E-state index contributed by atoms with van der Waals surface area (Å²) in [5, 5.41) is 21.8. The zero-order valence-electron chi connectivity index (χ0n) is 20.1. The largest absolute Gasteiger partial charge is 0.508 e. The van der Waals surface area contributed by atoms with Crippen LogP contribution in [-0.2, 0) is 25.5 Å². The van der Waals surface area contributed by atoms with Crippen molar-refractivity contribution in [3.63, 3.8) is 0 Å². The van der Waals surface area contributed by atoms with Crippen molar-refractivity contribution in [1.82, 2.24) is 0 Å². The van der Waals surface area contributed by atoms with Crippen LogP contribution in [-0.4, -0.2) is 41.6 Å². The van der Waals surface area contributed by atoms with Crippen molar-refractivity contribution >= 4 is 40.7 Å². The molecule has 1 heterocycles. The number of ketones is 1. The molecule has 8 nitrogen and oxygen atoms in total. The summed E-state index contributed by atoms with van der Waals surface area (Å²) in [6.07, 6.45) is 0.0459. The minimum Gasteiger partial charge on any atom is -0.508 e. The molecule has 1 unspecified atom stereocenters. The lowest BCUT2D eigenvalue weighted by molar-refractivity contribution is -0.139. The molecule has 4 rings (SSSR count). The van der Waals surface area contributed by atoms with Gasteiger partial charge in [-0.05, 0) is 60.5 Å². The number of ether oxygens (including phenoxy) is 2. The molecule has 1 aliphatic rings. The number of carbonyl (C=O) groups is 3. The van der Waals surface area contributed by atoms with E-state index in [1.165, 1.54) is 42.3 Å². The number of hydrogen-bond donors (Lipinski definition) is 2. The van der Waals surface area contributed by atoms with Gasteiger partial charge in [0.15, 0.2) is 0 Å². The van der Waals surface area contributed by atoms with Crippen LogP contribution >= 0.6 is 11.6 Å². The number of nitrogens with zero attached hydrogens (tertiary/aromatic N) is 1. The van der Waals surface area contributed by atoms with Gasteiger partial charge in [-0.25, -0.2) is 0 Å². The first kappa shape index (κ1) is 25.8. The summed E-state index contributed by atoms with van der Waals surface area (Å²) in [6, 6.07) is 16.1. The van der Waals surface area contributed by atoms with Gasteiger partial charge in [-0.1, -0.05) is 35.9 Å². The van der Waals surface area contributed by atoms with E-state index in [1.807, 2.05) is 0 Å². The molecular formula is C28H24ClNO7. The van der Waals surface area contributed by atoms with Gasteiger partial charge in [0.2, 0.25) is 0 Å². The summed E-state index contributed by atoms with van der Waals surface area (Å²) in [5.74, 6) is -2.32. The van der Waals surface area contributed by atoms with Crippen molar-refractivity contribution in [1.29, 1.82) is 0 Å². The molecule has 3 aromatic rings. The van der Waals surface area contributed by atoms with Crippen molar-refractivity contribution in [2.24, 2.45) is 0 Å². The van der Waals surface area contributed by atoms with Crippen molar-refractivity contribution in [3.05, 3.63) is 94.0 Å². The number of methoxy groups -OCH3 is 1. The molecule has 1 amide bonds. The summed E-state index contributed by atoms with van der Waals surface area (Å²) < 4.78 is 10.2. The highest BCUT2D eigenvalue weighted by atomic mass is 35.5. The number of aromatic hydroxyl groups is 1. The number of phenolic OH excluding ortho intramolecular Hbond substituents is 1. The Morgan fingerprint density at radius 2 is 1.78 bits per heavy atom. The van der Waals surface area contributed by atoms with Gasteiger partial charge in [0.05, 0.1) is 36.8 Å². The standard InChI is InChI=1S/C28H24ClNO7/c1-3-37-22-15-18(9-12-21(22)29)26(33)24-25(17-5-4-6-20(31)14-17)30(28(35)27(24)34)19-10-7-16(8-11-19)13-23(32)36-2/h4-12,14-15,25,31,33H,3,13H2,1-2H3/b26-24-. The molecular weight excluding hydrogens is 498 g/mol. The lowest BCUT2D eigenvalue weighted by atomic mass is 9.95. The molecule has 0 aliphatic carbocycles. The number of phenols is 1. The Morgan fingerprint density at radius 3 is 2.43 bits per heavy atom. The maximum absolute atomic E-state index is 13.3. The van der Waals surface area contributed by atoms with Gasteiger partial charge < -0.3 is 19.7 Å². The van der Waals surface area contributed by atoms with Gasteiger partial charge in [0.25, 0.3) is 11.7 Å². The molecule has 0 bridgehead atoms. The molecule has 2 N–H and O–H groups in total. The molecule has 3 aromatic carbocycles. The highest BCUT2D eigenvalue weighted by molar-refractivity contribution is 6.51. The van der Waals surface area contributed by atoms with E-state index in [4.69, 9.17) is 21.1 Å². The van der Waals surface area contributed by atoms with E-state index in [0.29, 0.717) is 34.2 Å². The SMILES string of the molecule is CCOc1cc(/C(O)=C2/C(=O)C(=O)N(c3ccc(CC(=O)OC)cc3)C2c2cccc(O)c2)ccc1Cl. The Labute approximate surface area is 218 Å². The van der Waals surface area contributed by atoms with Gasteiger partial charge in [-0.15, -0.1) is 0 Å². The number of aliphatic hydroxyl groups is 1. The zero-order chi connectivity index (χ0) is 26.7. The van der Waals surface area contributed by atoms with E-state index in [2.05, 4.69) is 0 Å². The second-order valence-corrected chi connectivity index (χ2v) is 8.67. The molecule has 1 atom stereocenters. The average molecular weight is 522 g/mol. The van der Waals surface area contributed by atoms with Gasteiger partial charge in [-0.2, -0.15) is 0 Å². The summed E-state index contributed by atoms with van der Waals surface area (Å²) in [4.78, 5) is 39.5. The number of anilines is 1. The lowest BCUT2D eigenvalue weighted by Crippen LogP contribution is -2.29. The van der Waals surface area contributed by atoms with Gasteiger partial charge in [0, 0.05) is 11.3 Å². The fourth-order valence-corrected chi connectivity index (χ4v) is 4.37. The zero-order valence-corrected chi connectivity index (χ0v) is 20.9. The van der Waals surface area contributed by atoms with E-state index in [-0.39, 0.29) is 23.3 Å². The van der Waals surface area contributed by atoms with Crippen molar-refractivity contribution in [2.45, 2.75) is 19.4 Å². The second-order valence-electron chi connectivity index (χ2n) is 8.26. The van der Waals surface area contributed by atoms with Crippen molar-refractivity contribution in [2.75, 3.05) is 18.6 Å². The Hall–Kier alpha value is -4.30. The quantitative estimate of drug-likeness (QED) is 0.199. The summed E-state index contributed by atoms with van der Waals surface area (Å²) in [7, 11) is 1.30. The van der Waals surface area contributed by atoms with Crippen LogP contribution in [0.1, 0.15) is 29.7 Å². The Morgan fingerprint density at radius 1 is 1.05 bits per heavy atom. The summed E-state index contributed by atoms with van der Waals surface area (Å²) >= 11 is 6.18. The topological polar surface area (TPSA) is 113 Å².